The van der Waals surface area contributed by atoms with E-state index in [4.69, 9.17) is 0 Å². The van der Waals surface area contributed by atoms with Gasteiger partial charge < -0.3 is 24.8 Å². The Hall–Kier alpha value is -0.660. The Kier molecular flexibility index (Phi) is 12.6. The maximum atomic E-state index is 3.29. The Labute approximate surface area is 205 Å². The maximum absolute atomic E-state index is 3.29. The molecule has 154 valence electrons. The summed E-state index contributed by atoms with van der Waals surface area (Å²) in [5.74, 6) is 0.557. The van der Waals surface area contributed by atoms with Gasteiger partial charge in [-0.25, -0.2) is 11.3 Å². The van der Waals surface area contributed by atoms with Crippen LogP contribution in [0.15, 0.2) is 71.9 Å². The first-order valence-corrected chi connectivity index (χ1v) is 14.3. The van der Waals surface area contributed by atoms with Gasteiger partial charge in [0.2, 0.25) is 0 Å². The van der Waals surface area contributed by atoms with Crippen LogP contribution in [0.25, 0.3) is 21.5 Å². The summed E-state index contributed by atoms with van der Waals surface area (Å²) in [5.41, 5.74) is 0. The van der Waals surface area contributed by atoms with Gasteiger partial charge in [-0.1, -0.05) is 68.9 Å². The first-order valence-electron chi connectivity index (χ1n) is 9.55. The minimum atomic E-state index is -1.02. The zero-order valence-corrected chi connectivity index (χ0v) is 23.2. The van der Waals surface area contributed by atoms with Crippen molar-refractivity contribution in [1.29, 1.82) is 0 Å². The standard InChI is InChI=1S/C13H9.C9H15Si.C3H6.2ClH.Zr/c1-3-7-12-10(5-1)9-11-6-2-4-8-13(11)12;1-8-5-6-9(7-8)10(2,3)4;1-3-2;;;/h1-9H;6-8H,1-4H3;1-2H3;2*1H;/q2*-1;;;;+2/p-2. The van der Waals surface area contributed by atoms with Crippen molar-refractivity contribution >= 4 is 32.8 Å². The molecule has 3 aromatic rings. The van der Waals surface area contributed by atoms with E-state index in [0.717, 1.165) is 0 Å². The van der Waals surface area contributed by atoms with Crippen molar-refractivity contribution < 1.29 is 49.0 Å². The summed E-state index contributed by atoms with van der Waals surface area (Å²) in [6, 6.07) is 19.3. The van der Waals surface area contributed by atoms with Crippen LogP contribution >= 0.6 is 0 Å². The van der Waals surface area contributed by atoms with Crippen LogP contribution in [0.1, 0.15) is 20.8 Å². The summed E-state index contributed by atoms with van der Waals surface area (Å²) in [4.78, 5) is 0. The smallest absolute Gasteiger partial charge is 0.0771 e. The Balaban J connectivity index is 0.000000443. The third-order valence-electron chi connectivity index (χ3n) is 4.32. The number of hydrogen-bond donors (Lipinski definition) is 0. The Bertz CT molecular complexity index is 923. The van der Waals surface area contributed by atoms with Crippen molar-refractivity contribution in [3.05, 3.63) is 78.0 Å². The predicted molar refractivity (Wildman–Crippen MR) is 122 cm³/mol. The van der Waals surface area contributed by atoms with Crippen molar-refractivity contribution in [3.63, 3.8) is 0 Å². The van der Waals surface area contributed by atoms with Gasteiger partial charge in [-0.05, 0) is 8.07 Å². The van der Waals surface area contributed by atoms with Gasteiger partial charge in [0.05, 0.1) is 0 Å². The van der Waals surface area contributed by atoms with Crippen molar-refractivity contribution in [2.75, 3.05) is 0 Å². The minimum Gasteiger partial charge on any atom is -1.00 e. The van der Waals surface area contributed by atoms with Crippen LogP contribution in [0.5, 0.6) is 0 Å². The van der Waals surface area contributed by atoms with E-state index < -0.39 is 8.07 Å². The number of allylic oxidation sites excluding steroid dienone is 4. The predicted octanol–water partition coefficient (Wildman–Crippen LogP) is 1.26. The molecule has 0 N–H and O–H groups in total. The van der Waals surface area contributed by atoms with Gasteiger partial charge >= 0.3 is 41.3 Å². The van der Waals surface area contributed by atoms with Gasteiger partial charge in [0, 0.05) is 0 Å². The zero-order valence-electron chi connectivity index (χ0n) is 18.2. The third kappa shape index (κ3) is 8.93. The van der Waals surface area contributed by atoms with Crippen LogP contribution in [-0.4, -0.2) is 11.3 Å². The molecule has 0 radical (unpaired) electrons. The summed E-state index contributed by atoms with van der Waals surface area (Å²) in [6.45, 7) is 13.5. The summed E-state index contributed by atoms with van der Waals surface area (Å²) in [5, 5.41) is 6.95. The average molecular weight is 521 g/mol. The van der Waals surface area contributed by atoms with Crippen molar-refractivity contribution in [2.45, 2.75) is 40.4 Å². The van der Waals surface area contributed by atoms with E-state index in [0.29, 0.717) is 5.92 Å². The molecule has 4 rings (SSSR count). The normalized spacial score (nSPS) is 14.6. The van der Waals surface area contributed by atoms with E-state index in [1.54, 1.807) is 29.4 Å². The molecule has 29 heavy (non-hydrogen) atoms. The molecule has 1 atom stereocenters. The monoisotopic (exact) mass is 518 g/mol. The van der Waals surface area contributed by atoms with Crippen LogP contribution in [0.2, 0.25) is 19.6 Å². The van der Waals surface area contributed by atoms with Crippen molar-refractivity contribution in [3.8, 4) is 0 Å². The Morgan fingerprint density at radius 2 is 1.31 bits per heavy atom. The summed E-state index contributed by atoms with van der Waals surface area (Å²) in [7, 11) is -1.02. The van der Waals surface area contributed by atoms with Crippen molar-refractivity contribution in [2.24, 2.45) is 5.92 Å². The topological polar surface area (TPSA) is 0 Å². The molecule has 1 unspecified atom stereocenters. The third-order valence-corrected chi connectivity index (χ3v) is 6.36. The number of halogens is 2. The van der Waals surface area contributed by atoms with Gasteiger partial charge in [-0.2, -0.15) is 6.08 Å². The second kappa shape index (κ2) is 12.9. The van der Waals surface area contributed by atoms with Crippen LogP contribution < -0.4 is 24.8 Å². The van der Waals surface area contributed by atoms with E-state index in [1.165, 1.54) is 24.8 Å². The molecule has 0 saturated carbocycles. The van der Waals surface area contributed by atoms with E-state index in [-0.39, 0.29) is 24.8 Å². The van der Waals surface area contributed by atoms with Crippen LogP contribution in [0.3, 0.4) is 0 Å². The number of hydrogen-bond acceptors (Lipinski definition) is 0. The molecule has 0 aliphatic heterocycles. The maximum Gasteiger partial charge on any atom is -0.0771 e. The first kappa shape index (κ1) is 28.3. The molecule has 4 heteroatoms. The van der Waals surface area contributed by atoms with Crippen LogP contribution in [-0.2, 0) is 24.2 Å². The van der Waals surface area contributed by atoms with E-state index >= 15 is 0 Å². The fourth-order valence-corrected chi connectivity index (χ4v) is 4.22. The molecule has 1 aliphatic rings. The quantitative estimate of drug-likeness (QED) is 0.335. The molecule has 0 heterocycles. The first-order chi connectivity index (χ1) is 12.7. The van der Waals surface area contributed by atoms with Crippen LogP contribution in [0.4, 0.5) is 0 Å². The van der Waals surface area contributed by atoms with E-state index in [2.05, 4.69) is 113 Å². The molecule has 1 aliphatic carbocycles. The van der Waals surface area contributed by atoms with Gasteiger partial charge in [0.15, 0.2) is 0 Å². The second-order valence-corrected chi connectivity index (χ2v) is 15.8. The molecule has 0 fully saturated rings. The molecular formula is C25H30Cl2SiZr-2. The summed E-state index contributed by atoms with van der Waals surface area (Å²) in [6.07, 6.45) is 7.81. The van der Waals surface area contributed by atoms with Crippen LogP contribution in [0, 0.1) is 12.0 Å². The summed E-state index contributed by atoms with van der Waals surface area (Å²) >= 11 is 1.55. The van der Waals surface area contributed by atoms with Gasteiger partial charge in [-0.15, -0.1) is 39.7 Å². The average Bonchev–Trinajstić information content (AvgIpc) is 3.18. The Morgan fingerprint density at radius 3 is 1.62 bits per heavy atom. The zero-order chi connectivity index (χ0) is 20.0. The number of benzene rings is 2. The minimum absolute atomic E-state index is 0. The fraction of sp³-hybridized carbons (Fsp3) is 0.280. The van der Waals surface area contributed by atoms with Crippen molar-refractivity contribution in [1.82, 2.24) is 0 Å². The SMILES string of the molecule is CC1[C-]=CC([Si](C)(C)C)=C1.C[C](C)=[Zr+2].[Cl-].[Cl-].c1ccc2c(c1)[cH-]c1ccccc12. The van der Waals surface area contributed by atoms with Gasteiger partial charge in [-0.3, -0.25) is 6.08 Å². The Morgan fingerprint density at radius 1 is 0.897 bits per heavy atom. The molecule has 0 aromatic heterocycles. The van der Waals surface area contributed by atoms with E-state index in [1.807, 2.05) is 0 Å². The number of fused-ring (bicyclic) bond motifs is 3. The largest absolute Gasteiger partial charge is 1.00 e. The summed E-state index contributed by atoms with van der Waals surface area (Å²) < 4.78 is 1.51. The second-order valence-electron chi connectivity index (χ2n) is 8.29. The van der Waals surface area contributed by atoms with E-state index in [9.17, 15) is 0 Å². The molecule has 0 saturated heterocycles. The van der Waals surface area contributed by atoms with Gasteiger partial charge in [0.1, 0.15) is 0 Å². The molecule has 0 nitrogen and oxygen atoms in total. The number of rotatable bonds is 1. The molecule has 0 bridgehead atoms. The fourth-order valence-electron chi connectivity index (χ4n) is 2.96. The van der Waals surface area contributed by atoms with Gasteiger partial charge in [0.25, 0.3) is 0 Å². The molecule has 0 amide bonds. The molecule has 3 aromatic carbocycles. The molecular weight excluding hydrogens is 490 g/mol. The molecule has 0 spiro atoms.